The number of nitrogens with one attached hydrogen (secondary N) is 1. The van der Waals surface area contributed by atoms with Crippen LogP contribution in [-0.2, 0) is 27.9 Å². The number of ether oxygens (including phenoxy) is 2. The normalized spacial score (nSPS) is 17.7. The van der Waals surface area contributed by atoms with Gasteiger partial charge in [-0.15, -0.1) is 0 Å². The van der Waals surface area contributed by atoms with Crippen molar-refractivity contribution in [2.24, 2.45) is 7.05 Å². The van der Waals surface area contributed by atoms with Crippen LogP contribution < -0.4 is 5.32 Å². The summed E-state index contributed by atoms with van der Waals surface area (Å²) in [7, 11) is 2.00. The molecule has 1 aliphatic rings. The van der Waals surface area contributed by atoms with Crippen LogP contribution in [0.25, 0.3) is 11.0 Å². The van der Waals surface area contributed by atoms with E-state index in [1.54, 1.807) is 0 Å². The Kier molecular flexibility index (Phi) is 4.93. The van der Waals surface area contributed by atoms with Crippen LogP contribution in [0.3, 0.4) is 0 Å². The molecule has 0 spiro atoms. The molecule has 0 saturated carbocycles. The van der Waals surface area contributed by atoms with E-state index >= 15 is 0 Å². The van der Waals surface area contributed by atoms with Gasteiger partial charge in [-0.05, 0) is 37.5 Å². The Morgan fingerprint density at radius 1 is 1.52 bits per heavy atom. The Hall–Kier alpha value is -1.92. The van der Waals surface area contributed by atoms with Crippen LogP contribution in [0.4, 0.5) is 0 Å². The summed E-state index contributed by atoms with van der Waals surface area (Å²) in [5, 5.41) is 2.87. The SMILES string of the molecule is Cc1nc2cc(CNC(=O)COC[C@@H]3CCCO3)ccc2n1C. The lowest BCUT2D eigenvalue weighted by Gasteiger charge is -2.10. The molecule has 1 aromatic heterocycles. The van der Waals surface area contributed by atoms with Crippen LogP contribution in [0.2, 0.25) is 0 Å². The van der Waals surface area contributed by atoms with Crippen molar-refractivity contribution in [2.45, 2.75) is 32.4 Å². The molecule has 23 heavy (non-hydrogen) atoms. The average molecular weight is 317 g/mol. The van der Waals surface area contributed by atoms with Crippen LogP contribution >= 0.6 is 0 Å². The second kappa shape index (κ2) is 7.10. The van der Waals surface area contributed by atoms with Gasteiger partial charge in [0.2, 0.25) is 5.91 Å². The average Bonchev–Trinajstić information content (AvgIpc) is 3.14. The maximum atomic E-state index is 11.8. The van der Waals surface area contributed by atoms with Gasteiger partial charge < -0.3 is 19.4 Å². The zero-order valence-corrected chi connectivity index (χ0v) is 13.7. The highest BCUT2D eigenvalue weighted by Crippen LogP contribution is 2.16. The summed E-state index contributed by atoms with van der Waals surface area (Å²) in [5.74, 6) is 0.865. The number of carbonyl (C=O) groups excluding carboxylic acids is 1. The zero-order chi connectivity index (χ0) is 16.2. The number of imidazole rings is 1. The number of hydrogen-bond donors (Lipinski definition) is 1. The number of amides is 1. The third kappa shape index (κ3) is 3.89. The molecule has 0 bridgehead atoms. The summed E-state index contributed by atoms with van der Waals surface area (Å²) in [6.07, 6.45) is 2.25. The first kappa shape index (κ1) is 16.0. The molecule has 1 atom stereocenters. The van der Waals surface area contributed by atoms with Gasteiger partial charge in [-0.3, -0.25) is 4.79 Å². The number of rotatable bonds is 6. The quantitative estimate of drug-likeness (QED) is 0.880. The van der Waals surface area contributed by atoms with Crippen LogP contribution in [0, 0.1) is 6.92 Å². The van der Waals surface area contributed by atoms with E-state index in [4.69, 9.17) is 9.47 Å². The molecule has 1 aromatic carbocycles. The molecule has 2 heterocycles. The van der Waals surface area contributed by atoms with Gasteiger partial charge in [-0.25, -0.2) is 4.98 Å². The molecule has 1 saturated heterocycles. The number of benzene rings is 1. The van der Waals surface area contributed by atoms with Gasteiger partial charge >= 0.3 is 0 Å². The van der Waals surface area contributed by atoms with Crippen molar-refractivity contribution in [3.05, 3.63) is 29.6 Å². The third-order valence-electron chi connectivity index (χ3n) is 4.22. The van der Waals surface area contributed by atoms with Crippen molar-refractivity contribution in [3.8, 4) is 0 Å². The van der Waals surface area contributed by atoms with E-state index in [0.29, 0.717) is 13.2 Å². The topological polar surface area (TPSA) is 65.4 Å². The fourth-order valence-electron chi connectivity index (χ4n) is 2.79. The van der Waals surface area contributed by atoms with Crippen molar-refractivity contribution < 1.29 is 14.3 Å². The number of carbonyl (C=O) groups is 1. The fraction of sp³-hybridized carbons (Fsp3) is 0.529. The number of hydrogen-bond acceptors (Lipinski definition) is 4. The van der Waals surface area contributed by atoms with Gasteiger partial charge in [0.05, 0.1) is 23.7 Å². The van der Waals surface area contributed by atoms with Crippen LogP contribution in [0.15, 0.2) is 18.2 Å². The molecule has 6 heteroatoms. The van der Waals surface area contributed by atoms with E-state index in [2.05, 4.69) is 14.9 Å². The highest BCUT2D eigenvalue weighted by Gasteiger charge is 2.15. The van der Waals surface area contributed by atoms with Gasteiger partial charge in [0.25, 0.3) is 0 Å². The molecule has 3 rings (SSSR count). The predicted molar refractivity (Wildman–Crippen MR) is 87.1 cm³/mol. The molecule has 124 valence electrons. The molecule has 1 N–H and O–H groups in total. The highest BCUT2D eigenvalue weighted by molar-refractivity contribution is 5.78. The van der Waals surface area contributed by atoms with E-state index in [-0.39, 0.29) is 18.6 Å². The summed E-state index contributed by atoms with van der Waals surface area (Å²) < 4.78 is 12.9. The van der Waals surface area contributed by atoms with E-state index in [1.807, 2.05) is 32.2 Å². The second-order valence-corrected chi connectivity index (χ2v) is 5.97. The first-order valence-corrected chi connectivity index (χ1v) is 8.01. The van der Waals surface area contributed by atoms with Gasteiger partial charge in [0, 0.05) is 20.2 Å². The van der Waals surface area contributed by atoms with Crippen molar-refractivity contribution in [3.63, 3.8) is 0 Å². The van der Waals surface area contributed by atoms with Gasteiger partial charge in [0.1, 0.15) is 12.4 Å². The lowest BCUT2D eigenvalue weighted by atomic mass is 10.2. The van der Waals surface area contributed by atoms with E-state index in [0.717, 1.165) is 41.9 Å². The lowest BCUT2D eigenvalue weighted by molar-refractivity contribution is -0.127. The first-order valence-electron chi connectivity index (χ1n) is 8.01. The summed E-state index contributed by atoms with van der Waals surface area (Å²) in [6.45, 7) is 3.83. The monoisotopic (exact) mass is 317 g/mol. The highest BCUT2D eigenvalue weighted by atomic mass is 16.5. The molecule has 2 aromatic rings. The minimum atomic E-state index is -0.111. The molecule has 0 aliphatic carbocycles. The predicted octanol–water partition coefficient (Wildman–Crippen LogP) is 1.69. The molecule has 1 aliphatic heterocycles. The summed E-state index contributed by atoms with van der Waals surface area (Å²) in [5.41, 5.74) is 3.08. The Morgan fingerprint density at radius 3 is 3.17 bits per heavy atom. The molecular weight excluding hydrogens is 294 g/mol. The largest absolute Gasteiger partial charge is 0.376 e. The maximum absolute atomic E-state index is 11.8. The third-order valence-corrected chi connectivity index (χ3v) is 4.22. The van der Waals surface area contributed by atoms with Crippen molar-refractivity contribution >= 4 is 16.9 Å². The van der Waals surface area contributed by atoms with Gasteiger partial charge in [-0.2, -0.15) is 0 Å². The van der Waals surface area contributed by atoms with E-state index in [1.165, 1.54) is 0 Å². The molecular formula is C17H23N3O3. The van der Waals surface area contributed by atoms with Crippen molar-refractivity contribution in [1.82, 2.24) is 14.9 Å². The number of aryl methyl sites for hydroxylation is 2. The second-order valence-electron chi connectivity index (χ2n) is 5.97. The van der Waals surface area contributed by atoms with Crippen LogP contribution in [0.1, 0.15) is 24.2 Å². The van der Waals surface area contributed by atoms with E-state index < -0.39 is 0 Å². The number of aromatic nitrogens is 2. The molecule has 1 fully saturated rings. The molecule has 0 unspecified atom stereocenters. The van der Waals surface area contributed by atoms with Gasteiger partial charge in [-0.1, -0.05) is 6.07 Å². The van der Waals surface area contributed by atoms with Gasteiger partial charge in [0.15, 0.2) is 0 Å². The Bertz CT molecular complexity index is 690. The smallest absolute Gasteiger partial charge is 0.246 e. The van der Waals surface area contributed by atoms with Crippen molar-refractivity contribution in [1.29, 1.82) is 0 Å². The summed E-state index contributed by atoms with van der Waals surface area (Å²) in [6, 6.07) is 6.05. The minimum absolute atomic E-state index is 0.0742. The Morgan fingerprint density at radius 2 is 2.39 bits per heavy atom. The molecule has 0 radical (unpaired) electrons. The van der Waals surface area contributed by atoms with E-state index in [9.17, 15) is 4.79 Å². The maximum Gasteiger partial charge on any atom is 0.246 e. The summed E-state index contributed by atoms with van der Waals surface area (Å²) >= 11 is 0. The summed E-state index contributed by atoms with van der Waals surface area (Å²) in [4.78, 5) is 16.3. The minimum Gasteiger partial charge on any atom is -0.376 e. The zero-order valence-electron chi connectivity index (χ0n) is 13.7. The lowest BCUT2D eigenvalue weighted by Crippen LogP contribution is -2.28. The number of nitrogens with zero attached hydrogens (tertiary/aromatic N) is 2. The fourth-order valence-corrected chi connectivity index (χ4v) is 2.79. The molecule has 1 amide bonds. The number of fused-ring (bicyclic) bond motifs is 1. The van der Waals surface area contributed by atoms with Crippen molar-refractivity contribution in [2.75, 3.05) is 19.8 Å². The van der Waals surface area contributed by atoms with Crippen LogP contribution in [-0.4, -0.2) is 41.4 Å². The Labute approximate surface area is 135 Å². The van der Waals surface area contributed by atoms with Crippen LogP contribution in [0.5, 0.6) is 0 Å². The first-order chi connectivity index (χ1) is 11.1. The molecule has 6 nitrogen and oxygen atoms in total. The standard InChI is InChI=1S/C17H23N3O3/c1-12-19-15-8-13(5-6-16(15)20(12)2)9-18-17(21)11-22-10-14-4-3-7-23-14/h5-6,8,14H,3-4,7,9-11H2,1-2H3,(H,18,21)/t14-/m0/s1. The Balaban J connectivity index is 1.46.